The summed E-state index contributed by atoms with van der Waals surface area (Å²) in [6.07, 6.45) is 1.17. The summed E-state index contributed by atoms with van der Waals surface area (Å²) in [5, 5.41) is 0. The summed E-state index contributed by atoms with van der Waals surface area (Å²) in [4.78, 5) is 0. The van der Waals surface area contributed by atoms with E-state index in [1.54, 1.807) is 0 Å². The highest BCUT2D eigenvalue weighted by molar-refractivity contribution is 5.26. The minimum Gasteiger partial charge on any atom is -0.327 e. The summed E-state index contributed by atoms with van der Waals surface area (Å²) >= 11 is 0. The van der Waals surface area contributed by atoms with Gasteiger partial charge in [0, 0.05) is 62.4 Å². The third-order valence-electron chi connectivity index (χ3n) is 2.07. The van der Waals surface area contributed by atoms with Gasteiger partial charge in [0.1, 0.15) is 0 Å². The predicted molar refractivity (Wildman–Crippen MR) is 77.7 cm³/mol. The Morgan fingerprint density at radius 2 is 2.00 bits per heavy atom. The van der Waals surface area contributed by atoms with E-state index in [4.69, 9.17) is 56.2 Å². The molecule has 1 aromatic carbocycles. The van der Waals surface area contributed by atoms with E-state index in [-0.39, 0.29) is 0 Å². The van der Waals surface area contributed by atoms with Gasteiger partial charge in [-0.05, 0) is 12.0 Å². The topological polar surface area (TPSA) is 26.0 Å². The van der Waals surface area contributed by atoms with Crippen LogP contribution in [0.25, 0.3) is 0 Å². The number of benzene rings is 1. The molecule has 10 heavy (non-hydrogen) atoms. The fourth-order valence-corrected chi connectivity index (χ4v) is 1.30. The Balaban J connectivity index is -0.0000000146. The van der Waals surface area contributed by atoms with Crippen LogP contribution in [0.15, 0.2) is 30.3 Å². The molecule has 0 radical (unpaired) electrons. The van der Waals surface area contributed by atoms with Gasteiger partial charge < -0.3 is 5.73 Å². The first-order valence-corrected chi connectivity index (χ1v) is 3.68. The van der Waals surface area contributed by atoms with Crippen molar-refractivity contribution >= 4 is 0 Å². The molecular formula is C9H45N. The fourth-order valence-electron chi connectivity index (χ4n) is 1.30. The van der Waals surface area contributed by atoms with Crippen molar-refractivity contribution in [2.24, 2.45) is 5.73 Å². The zero-order valence-electron chi connectivity index (χ0n) is 39.8. The van der Waals surface area contributed by atoms with Gasteiger partial charge in [-0.1, -0.05) is 30.3 Å². The van der Waals surface area contributed by atoms with Crippen LogP contribution in [0, 0.1) is 0 Å². The number of rotatable bonds is 1. The van der Waals surface area contributed by atoms with Crippen molar-refractivity contribution in [2.75, 3.05) is 0 Å². The van der Waals surface area contributed by atoms with Crippen LogP contribution in [-0.2, 0) is 0 Å². The standard InChI is InChI=1S/C9H11N.17H2/c10-9-6-8(9)7-4-2-1-3-5-7;;;;;;;;;;;;;;;;;/h1-5,8-9H,6,10H2;17*1H/i;17*1+1D. The van der Waals surface area contributed by atoms with Gasteiger partial charge in [0.25, 0.3) is 0 Å². The molecule has 2 rings (SSSR count). The maximum Gasteiger partial charge on any atom is 0.0115 e. The van der Waals surface area contributed by atoms with Gasteiger partial charge in [-0.2, -0.15) is 0 Å². The molecule has 1 fully saturated rings. The highest BCUT2D eigenvalue weighted by Crippen LogP contribution is 2.38. The molecule has 0 saturated heterocycles. The zero-order chi connectivity index (χ0) is 41.0. The lowest BCUT2D eigenvalue weighted by Crippen LogP contribution is -2.00. The summed E-state index contributed by atoms with van der Waals surface area (Å²) in [5.74, 6) is 0.654. The van der Waals surface area contributed by atoms with E-state index in [9.17, 15) is 0 Å². The second kappa shape index (κ2) is 2.10. The van der Waals surface area contributed by atoms with E-state index in [1.807, 2.05) is 6.07 Å². The van der Waals surface area contributed by atoms with Crippen molar-refractivity contribution in [3.8, 4) is 0 Å². The number of nitrogens with two attached hydrogens (primary N) is 1. The van der Waals surface area contributed by atoms with Gasteiger partial charge in [-0.3, -0.25) is 0 Å². The molecule has 2 N–H and O–H groups in total. The first kappa shape index (κ1) is 0.831. The molecule has 1 aliphatic rings. The van der Waals surface area contributed by atoms with Crippen LogP contribution in [0.5, 0.6) is 0 Å². The minimum absolute atomic E-state index is 0.433. The van der Waals surface area contributed by atoms with Crippen LogP contribution in [0.3, 0.4) is 0 Å². The zero-order valence-corrected chi connectivity index (χ0v) is 5.83. The van der Waals surface area contributed by atoms with Gasteiger partial charge in [0.2, 0.25) is 0 Å². The molecule has 1 aromatic rings. The van der Waals surface area contributed by atoms with Gasteiger partial charge in [0.15, 0.2) is 0 Å². The van der Waals surface area contributed by atoms with Gasteiger partial charge >= 0.3 is 0 Å². The molecule has 86 valence electrons. The van der Waals surface area contributed by atoms with E-state index in [0.717, 1.165) is 0 Å². The molecule has 1 saturated carbocycles. The molecule has 1 aliphatic carbocycles. The van der Waals surface area contributed by atoms with Crippen LogP contribution in [0.4, 0.5) is 0 Å². The summed E-state index contributed by atoms with van der Waals surface area (Å²) in [7, 11) is 0. The maximum absolute atomic E-state index is 5.70. The SMILES string of the molecule is NC1CC1c1ccccc1.[2H][2H].[2H][2H].[2H][2H].[2H][2H].[2H][2H].[2H][2H].[2H][2H].[2H][2H].[2H][2H].[2H][2H].[2H][2H].[2H][2H].[2H][2H].[2H][2H].[2H][2H].[2H][2H].[2H][2H]. The molecule has 0 bridgehead atoms. The molecule has 2 atom stereocenters. The lowest BCUT2D eigenvalue weighted by atomic mass is 10.1. The van der Waals surface area contributed by atoms with Crippen LogP contribution in [0.2, 0.25) is 0 Å². The van der Waals surface area contributed by atoms with Crippen LogP contribution in [0.1, 0.15) is 68.4 Å². The average molecular weight is 202 g/mol. The highest BCUT2D eigenvalue weighted by Gasteiger charge is 2.34. The fraction of sp³-hybridized carbons (Fsp3) is 0.333. The van der Waals surface area contributed by atoms with Crippen molar-refractivity contribution in [1.29, 1.82) is 0 Å². The lowest BCUT2D eigenvalue weighted by Gasteiger charge is -1.94. The Morgan fingerprint density at radius 1 is 1.40 bits per heavy atom. The smallest absolute Gasteiger partial charge is 0.0115 e. The molecule has 0 aliphatic heterocycles. The van der Waals surface area contributed by atoms with Crippen LogP contribution >= 0.6 is 0 Å². The van der Waals surface area contributed by atoms with E-state index in [0.29, 0.717) is 12.0 Å². The van der Waals surface area contributed by atoms with E-state index >= 15 is 0 Å². The lowest BCUT2D eigenvalue weighted by molar-refractivity contribution is 0.991. The first-order valence-electron chi connectivity index (χ1n) is 20.7. The van der Waals surface area contributed by atoms with Crippen molar-refractivity contribution in [1.82, 2.24) is 0 Å². The molecule has 1 nitrogen and oxygen atoms in total. The Kier molecular flexibility index (Phi) is 0.174. The van der Waals surface area contributed by atoms with Crippen molar-refractivity contribution in [3.05, 3.63) is 35.9 Å². The molecule has 0 heterocycles. The van der Waals surface area contributed by atoms with E-state index in [1.165, 1.54) is 12.0 Å². The summed E-state index contributed by atoms with van der Waals surface area (Å²) in [5.41, 5.74) is 7.10. The second-order valence-corrected chi connectivity index (χ2v) is 2.92. The molecule has 0 aromatic heterocycles. The number of hydrogen-bond acceptors (Lipinski definition) is 1. The normalized spacial score (nSPS) is 43.7. The molecule has 0 amide bonds. The first-order chi connectivity index (χ1) is 21.9. The second-order valence-electron chi connectivity index (χ2n) is 2.92. The molecule has 0 spiro atoms. The average Bonchev–Trinajstić information content (AvgIpc) is 3.98. The predicted octanol–water partition coefficient (Wildman–Crippen LogP) is 5.68. The summed E-state index contributed by atoms with van der Waals surface area (Å²) < 4.78 is 170. The monoisotopic (exact) mass is 202 g/mol. The molecule has 1 heteroatoms. The van der Waals surface area contributed by atoms with Crippen molar-refractivity contribution < 1.29 is 50.5 Å². The van der Waals surface area contributed by atoms with Gasteiger partial charge in [-0.25, -0.2) is 0 Å². The van der Waals surface area contributed by atoms with Gasteiger partial charge in [-0.15, -0.1) is 0 Å². The Labute approximate surface area is 113 Å². The largest absolute Gasteiger partial charge is 0.327 e. The summed E-state index contributed by atoms with van der Waals surface area (Å²) in [6, 6.07) is 10.9. The van der Waals surface area contributed by atoms with Crippen LogP contribution in [-0.4, -0.2) is 6.04 Å². The molecule has 2 unspecified atom stereocenters. The molecular weight excluding hydrogens is 122 g/mol. The summed E-state index contributed by atoms with van der Waals surface area (Å²) in [6.45, 7) is 0. The maximum atomic E-state index is 5.70. The third-order valence-corrected chi connectivity index (χ3v) is 2.07. The van der Waals surface area contributed by atoms with Crippen LogP contribution < -0.4 is 5.73 Å². The van der Waals surface area contributed by atoms with Crippen molar-refractivity contribution in [2.45, 2.75) is 18.4 Å². The minimum atomic E-state index is 0.433. The Morgan fingerprint density at radius 3 is 2.50 bits per heavy atom. The van der Waals surface area contributed by atoms with Gasteiger partial charge in [0.05, 0.1) is 0 Å². The van der Waals surface area contributed by atoms with E-state index in [2.05, 4.69) is 24.3 Å². The van der Waals surface area contributed by atoms with Crippen molar-refractivity contribution in [3.63, 3.8) is 0 Å². The van der Waals surface area contributed by atoms with E-state index < -0.39 is 0 Å². The quantitative estimate of drug-likeness (QED) is 0.621. The Hall–Kier alpha value is -0.820. The number of hydrogen-bond donors (Lipinski definition) is 1. The Bertz CT molecular complexity index is 251. The highest BCUT2D eigenvalue weighted by atomic mass is 14.7. The third kappa shape index (κ3) is 0.929.